The molecule has 1 N–H and O–H groups in total. The Labute approximate surface area is 185 Å². The summed E-state index contributed by atoms with van der Waals surface area (Å²) in [5, 5.41) is 3.05. The van der Waals surface area contributed by atoms with Crippen molar-refractivity contribution in [3.05, 3.63) is 58.1 Å². The summed E-state index contributed by atoms with van der Waals surface area (Å²) in [7, 11) is -3.65. The maximum absolute atomic E-state index is 13.1. The predicted molar refractivity (Wildman–Crippen MR) is 124 cm³/mol. The van der Waals surface area contributed by atoms with E-state index in [0.717, 1.165) is 39.8 Å². The van der Waals surface area contributed by atoms with E-state index in [9.17, 15) is 13.2 Å². The molecule has 3 rings (SSSR count). The smallest absolute Gasteiger partial charge is 0.241 e. The van der Waals surface area contributed by atoms with Crippen molar-refractivity contribution < 1.29 is 17.9 Å². The quantitative estimate of drug-likeness (QED) is 0.753. The SMILES string of the molecule is Cc1cc(C)c(N(CC(=O)N[C@@H]2CC(C)(C)Oc3cc(C)ccc32)S(C)(=O)=O)c(C)c1. The topological polar surface area (TPSA) is 75.7 Å². The highest BCUT2D eigenvalue weighted by Crippen LogP contribution is 2.40. The lowest BCUT2D eigenvalue weighted by molar-refractivity contribution is -0.120. The van der Waals surface area contributed by atoms with Crippen molar-refractivity contribution in [1.29, 1.82) is 0 Å². The average molecular weight is 445 g/mol. The largest absolute Gasteiger partial charge is 0.487 e. The summed E-state index contributed by atoms with van der Waals surface area (Å²) < 4.78 is 32.5. The molecule has 0 fully saturated rings. The zero-order valence-electron chi connectivity index (χ0n) is 19.4. The molecule has 0 bridgehead atoms. The molecule has 1 heterocycles. The molecule has 31 heavy (non-hydrogen) atoms. The second-order valence-corrected chi connectivity index (χ2v) is 11.2. The van der Waals surface area contributed by atoms with E-state index in [-0.39, 0.29) is 18.5 Å². The van der Waals surface area contributed by atoms with Gasteiger partial charge in [0.05, 0.1) is 18.0 Å². The van der Waals surface area contributed by atoms with Gasteiger partial charge in [-0.15, -0.1) is 0 Å². The normalized spacial score (nSPS) is 17.5. The van der Waals surface area contributed by atoms with Gasteiger partial charge in [-0.3, -0.25) is 9.10 Å². The molecule has 2 aromatic carbocycles. The third-order valence-electron chi connectivity index (χ3n) is 5.53. The molecule has 0 saturated carbocycles. The van der Waals surface area contributed by atoms with Crippen LogP contribution in [-0.2, 0) is 14.8 Å². The van der Waals surface area contributed by atoms with Crippen LogP contribution in [0.15, 0.2) is 30.3 Å². The molecular formula is C24H32N2O4S. The first kappa shape index (κ1) is 23.1. The van der Waals surface area contributed by atoms with Crippen molar-refractivity contribution in [1.82, 2.24) is 5.32 Å². The fraction of sp³-hybridized carbons (Fsp3) is 0.458. The molecule has 6 nitrogen and oxygen atoms in total. The summed E-state index contributed by atoms with van der Waals surface area (Å²) in [5.41, 5.74) is 4.80. The molecule has 0 unspecified atom stereocenters. The van der Waals surface area contributed by atoms with Gasteiger partial charge in [-0.1, -0.05) is 29.8 Å². The summed E-state index contributed by atoms with van der Waals surface area (Å²) >= 11 is 0. The molecule has 0 aliphatic carbocycles. The highest BCUT2D eigenvalue weighted by Gasteiger charge is 2.35. The van der Waals surface area contributed by atoms with Crippen LogP contribution >= 0.6 is 0 Å². The molecule has 0 radical (unpaired) electrons. The minimum absolute atomic E-state index is 0.256. The fourth-order valence-electron chi connectivity index (χ4n) is 4.39. The summed E-state index contributed by atoms with van der Waals surface area (Å²) in [5.74, 6) is 0.408. The van der Waals surface area contributed by atoms with Gasteiger partial charge in [0.15, 0.2) is 0 Å². The maximum Gasteiger partial charge on any atom is 0.241 e. The van der Waals surface area contributed by atoms with Gasteiger partial charge in [0.2, 0.25) is 15.9 Å². The highest BCUT2D eigenvalue weighted by molar-refractivity contribution is 7.92. The molecule has 7 heteroatoms. The molecule has 0 spiro atoms. The Morgan fingerprint density at radius 2 is 1.71 bits per heavy atom. The van der Waals surface area contributed by atoms with Gasteiger partial charge in [0.25, 0.3) is 0 Å². The molecule has 1 aliphatic heterocycles. The van der Waals surface area contributed by atoms with Crippen LogP contribution < -0.4 is 14.4 Å². The predicted octanol–water partition coefficient (Wildman–Crippen LogP) is 4.10. The summed E-state index contributed by atoms with van der Waals surface area (Å²) in [6, 6.07) is 9.52. The van der Waals surface area contributed by atoms with Crippen molar-refractivity contribution in [2.75, 3.05) is 17.1 Å². The highest BCUT2D eigenvalue weighted by atomic mass is 32.2. The number of hydrogen-bond acceptors (Lipinski definition) is 4. The van der Waals surface area contributed by atoms with E-state index in [0.29, 0.717) is 12.1 Å². The van der Waals surface area contributed by atoms with E-state index in [1.54, 1.807) is 0 Å². The van der Waals surface area contributed by atoms with Crippen LogP contribution in [0, 0.1) is 27.7 Å². The van der Waals surface area contributed by atoms with Gasteiger partial charge in [-0.25, -0.2) is 8.42 Å². The standard InChI is InChI=1S/C24H32N2O4S/c1-15-8-9-19-20(13-24(5,6)30-21(19)12-15)25-22(27)14-26(31(7,28)29)23-17(3)10-16(2)11-18(23)4/h8-12,20H,13-14H2,1-7H3,(H,25,27)/t20-/m1/s1. The number of nitrogens with one attached hydrogen (secondary N) is 1. The number of carbonyl (C=O) groups excluding carboxylic acids is 1. The Kier molecular flexibility index (Phi) is 6.11. The van der Waals surface area contributed by atoms with Crippen LogP contribution in [0.4, 0.5) is 5.69 Å². The first-order chi connectivity index (χ1) is 14.3. The van der Waals surface area contributed by atoms with Gasteiger partial charge in [-0.05, 0) is 64.3 Å². The Morgan fingerprint density at radius 1 is 1.10 bits per heavy atom. The van der Waals surface area contributed by atoms with Crippen molar-refractivity contribution in [2.24, 2.45) is 0 Å². The van der Waals surface area contributed by atoms with Gasteiger partial charge in [-0.2, -0.15) is 0 Å². The second kappa shape index (κ2) is 8.19. The van der Waals surface area contributed by atoms with Crippen molar-refractivity contribution in [3.8, 4) is 5.75 Å². The Bertz CT molecular complexity index is 1100. The summed E-state index contributed by atoms with van der Waals surface area (Å²) in [6.45, 7) is 11.4. The number of nitrogens with zero attached hydrogens (tertiary/aromatic N) is 1. The molecule has 0 saturated heterocycles. The van der Waals surface area contributed by atoms with Crippen molar-refractivity contribution >= 4 is 21.6 Å². The number of carbonyl (C=O) groups is 1. The van der Waals surface area contributed by atoms with E-state index in [4.69, 9.17) is 4.74 Å². The van der Waals surface area contributed by atoms with E-state index >= 15 is 0 Å². The number of benzene rings is 2. The third-order valence-corrected chi connectivity index (χ3v) is 6.65. The number of ether oxygens (including phenoxy) is 1. The first-order valence-electron chi connectivity index (χ1n) is 10.4. The molecule has 1 amide bonds. The van der Waals surface area contributed by atoms with Crippen LogP contribution in [-0.4, -0.2) is 32.7 Å². The van der Waals surface area contributed by atoms with Crippen molar-refractivity contribution in [3.63, 3.8) is 0 Å². The number of sulfonamides is 1. The average Bonchev–Trinajstić information content (AvgIpc) is 2.57. The lowest BCUT2D eigenvalue weighted by Crippen LogP contribution is -2.45. The number of hydrogen-bond donors (Lipinski definition) is 1. The van der Waals surface area contributed by atoms with Crippen LogP contribution in [0.1, 0.15) is 54.1 Å². The van der Waals surface area contributed by atoms with Gasteiger partial charge >= 0.3 is 0 Å². The summed E-state index contributed by atoms with van der Waals surface area (Å²) in [4.78, 5) is 13.1. The third kappa shape index (κ3) is 5.21. The van der Waals surface area contributed by atoms with Gasteiger partial charge in [0.1, 0.15) is 17.9 Å². The maximum atomic E-state index is 13.1. The van der Waals surface area contributed by atoms with Crippen LogP contribution in [0.3, 0.4) is 0 Å². The monoisotopic (exact) mass is 444 g/mol. The fourth-order valence-corrected chi connectivity index (χ4v) is 5.36. The molecule has 1 aliphatic rings. The van der Waals surface area contributed by atoms with E-state index in [1.165, 1.54) is 4.31 Å². The van der Waals surface area contributed by atoms with E-state index in [2.05, 4.69) is 5.32 Å². The number of anilines is 1. The zero-order valence-corrected chi connectivity index (χ0v) is 20.2. The minimum Gasteiger partial charge on any atom is -0.487 e. The second-order valence-electron chi connectivity index (χ2n) is 9.24. The lowest BCUT2D eigenvalue weighted by atomic mass is 9.89. The van der Waals surface area contributed by atoms with Crippen LogP contribution in [0.25, 0.3) is 0 Å². The molecule has 0 aromatic heterocycles. The lowest BCUT2D eigenvalue weighted by Gasteiger charge is -2.38. The van der Waals surface area contributed by atoms with Crippen LogP contribution in [0.2, 0.25) is 0 Å². The number of rotatable bonds is 5. The zero-order chi connectivity index (χ0) is 23.1. The molecule has 2 aromatic rings. The summed E-state index contributed by atoms with van der Waals surface area (Å²) in [6.07, 6.45) is 1.73. The van der Waals surface area contributed by atoms with E-state index < -0.39 is 15.6 Å². The molecular weight excluding hydrogens is 412 g/mol. The first-order valence-corrected chi connectivity index (χ1v) is 12.3. The Balaban J connectivity index is 1.90. The van der Waals surface area contributed by atoms with Gasteiger partial charge < -0.3 is 10.1 Å². The minimum atomic E-state index is -3.65. The Hall–Kier alpha value is -2.54. The van der Waals surface area contributed by atoms with Crippen molar-refractivity contribution in [2.45, 2.75) is 59.6 Å². The van der Waals surface area contributed by atoms with Crippen LogP contribution in [0.5, 0.6) is 5.75 Å². The number of fused-ring (bicyclic) bond motifs is 1. The molecule has 1 atom stereocenters. The molecule has 168 valence electrons. The van der Waals surface area contributed by atoms with Gasteiger partial charge in [0, 0.05) is 12.0 Å². The number of aryl methyl sites for hydroxylation is 4. The Morgan fingerprint density at radius 3 is 2.29 bits per heavy atom. The number of amides is 1. The van der Waals surface area contributed by atoms with E-state index in [1.807, 2.05) is 71.9 Å².